The number of rotatable bonds is 9. The summed E-state index contributed by atoms with van der Waals surface area (Å²) in [6, 6.07) is 4.71. The van der Waals surface area contributed by atoms with Gasteiger partial charge < -0.3 is 14.4 Å². The molecule has 0 heterocycles. The highest BCUT2D eigenvalue weighted by molar-refractivity contribution is 8.03. The van der Waals surface area contributed by atoms with Gasteiger partial charge in [0.1, 0.15) is 5.70 Å². The van der Waals surface area contributed by atoms with E-state index in [-0.39, 0.29) is 29.6 Å². The lowest BCUT2D eigenvalue weighted by molar-refractivity contribution is -0.140. The molecule has 1 aromatic carbocycles. The Morgan fingerprint density at radius 3 is 2.03 bits per heavy atom. The van der Waals surface area contributed by atoms with Gasteiger partial charge in [-0.1, -0.05) is 12.1 Å². The van der Waals surface area contributed by atoms with E-state index in [1.54, 1.807) is 32.8 Å². The molecule has 29 heavy (non-hydrogen) atoms. The first-order valence-corrected chi connectivity index (χ1v) is 9.81. The number of hydrogen-bond donors (Lipinski definition) is 0. The molecule has 0 spiro atoms. The van der Waals surface area contributed by atoms with E-state index in [2.05, 4.69) is 0 Å². The molecule has 0 atom stereocenters. The summed E-state index contributed by atoms with van der Waals surface area (Å²) in [7, 11) is 3.33. The molecule has 0 bridgehead atoms. The van der Waals surface area contributed by atoms with Crippen molar-refractivity contribution in [3.8, 4) is 0 Å². The maximum atomic E-state index is 12.7. The standard InChI is InChI=1S/C20H24F3NO4S/c1-5-27-18(25)16(24(3)4)11-12-17(19(26)28-6-2)29-13-14-7-9-15(10-8-14)20(21,22)23/h7-12H,5-6,13H2,1-4H3. The Morgan fingerprint density at radius 2 is 1.55 bits per heavy atom. The summed E-state index contributed by atoms with van der Waals surface area (Å²) >= 11 is 1.10. The second kappa shape index (κ2) is 11.5. The number of halogens is 3. The average Bonchev–Trinajstić information content (AvgIpc) is 2.64. The van der Waals surface area contributed by atoms with Crippen LogP contribution in [0.25, 0.3) is 0 Å². The highest BCUT2D eigenvalue weighted by Gasteiger charge is 2.29. The quantitative estimate of drug-likeness (QED) is 0.328. The van der Waals surface area contributed by atoms with Crippen molar-refractivity contribution in [3.63, 3.8) is 0 Å². The van der Waals surface area contributed by atoms with Crippen LogP contribution in [0.4, 0.5) is 13.2 Å². The molecule has 5 nitrogen and oxygen atoms in total. The van der Waals surface area contributed by atoms with Gasteiger partial charge in [-0.25, -0.2) is 9.59 Å². The molecule has 0 aliphatic carbocycles. The minimum atomic E-state index is -4.40. The van der Waals surface area contributed by atoms with E-state index in [0.717, 1.165) is 23.9 Å². The van der Waals surface area contributed by atoms with Gasteiger partial charge in [-0.2, -0.15) is 13.2 Å². The smallest absolute Gasteiger partial charge is 0.416 e. The Hall–Kier alpha value is -2.42. The number of ether oxygens (including phenoxy) is 2. The summed E-state index contributed by atoms with van der Waals surface area (Å²) in [4.78, 5) is 26.0. The van der Waals surface area contributed by atoms with Gasteiger partial charge in [0.15, 0.2) is 0 Å². The zero-order valence-electron chi connectivity index (χ0n) is 16.7. The van der Waals surface area contributed by atoms with Crippen LogP contribution in [-0.4, -0.2) is 44.1 Å². The lowest BCUT2D eigenvalue weighted by Gasteiger charge is -2.15. The van der Waals surface area contributed by atoms with Crippen LogP contribution in [0.15, 0.2) is 47.0 Å². The van der Waals surface area contributed by atoms with Crippen LogP contribution < -0.4 is 0 Å². The molecule has 0 aliphatic heterocycles. The van der Waals surface area contributed by atoms with Crippen LogP contribution in [0, 0.1) is 0 Å². The molecule has 1 aromatic rings. The minimum absolute atomic E-state index is 0.166. The normalized spacial score (nSPS) is 12.5. The maximum absolute atomic E-state index is 12.7. The molecule has 0 N–H and O–H groups in total. The number of benzene rings is 1. The molecule has 1 rings (SSSR count). The number of carbonyl (C=O) groups is 2. The van der Waals surface area contributed by atoms with E-state index in [0.29, 0.717) is 5.56 Å². The maximum Gasteiger partial charge on any atom is 0.416 e. The summed E-state index contributed by atoms with van der Waals surface area (Å²) in [6.45, 7) is 3.72. The van der Waals surface area contributed by atoms with Crippen LogP contribution in [0.1, 0.15) is 25.0 Å². The zero-order valence-corrected chi connectivity index (χ0v) is 17.5. The van der Waals surface area contributed by atoms with Crippen molar-refractivity contribution in [2.24, 2.45) is 0 Å². The second-order valence-corrected chi connectivity index (χ2v) is 6.92. The molecular weight excluding hydrogens is 407 g/mol. The van der Waals surface area contributed by atoms with Crippen molar-refractivity contribution in [2.45, 2.75) is 25.8 Å². The third-order valence-electron chi connectivity index (χ3n) is 3.51. The molecule has 0 radical (unpaired) electrons. The molecule has 9 heteroatoms. The fourth-order valence-corrected chi connectivity index (χ4v) is 2.94. The second-order valence-electron chi connectivity index (χ2n) is 5.90. The van der Waals surface area contributed by atoms with Crippen molar-refractivity contribution in [1.29, 1.82) is 0 Å². The third-order valence-corrected chi connectivity index (χ3v) is 4.60. The predicted molar refractivity (Wildman–Crippen MR) is 106 cm³/mol. The lowest BCUT2D eigenvalue weighted by atomic mass is 10.1. The summed E-state index contributed by atoms with van der Waals surface area (Å²) in [5, 5.41) is 0. The van der Waals surface area contributed by atoms with E-state index in [9.17, 15) is 22.8 Å². The number of carbonyl (C=O) groups excluding carboxylic acids is 2. The molecule has 0 aromatic heterocycles. The summed E-state index contributed by atoms with van der Waals surface area (Å²) in [5.74, 6) is -0.861. The van der Waals surface area contributed by atoms with E-state index < -0.39 is 23.7 Å². The van der Waals surface area contributed by atoms with Gasteiger partial charge in [-0.05, 0) is 43.7 Å². The van der Waals surface area contributed by atoms with Crippen molar-refractivity contribution >= 4 is 23.7 Å². The lowest BCUT2D eigenvalue weighted by Crippen LogP contribution is -2.21. The summed E-state index contributed by atoms with van der Waals surface area (Å²) in [5.41, 5.74) is 0.115. The molecule has 160 valence electrons. The van der Waals surface area contributed by atoms with Crippen LogP contribution in [0.5, 0.6) is 0 Å². The van der Waals surface area contributed by atoms with E-state index in [1.807, 2.05) is 0 Å². The number of alkyl halides is 3. The highest BCUT2D eigenvalue weighted by Crippen LogP contribution is 2.30. The first-order chi connectivity index (χ1) is 13.6. The zero-order chi connectivity index (χ0) is 22.0. The average molecular weight is 431 g/mol. The summed E-state index contributed by atoms with van der Waals surface area (Å²) in [6.07, 6.45) is -1.51. The van der Waals surface area contributed by atoms with Crippen molar-refractivity contribution in [1.82, 2.24) is 4.90 Å². The topological polar surface area (TPSA) is 55.8 Å². The molecule has 0 saturated carbocycles. The highest BCUT2D eigenvalue weighted by atomic mass is 32.2. The predicted octanol–water partition coefficient (Wildman–Crippen LogP) is 4.39. The Morgan fingerprint density at radius 1 is 1.00 bits per heavy atom. The number of likely N-dealkylation sites (N-methyl/N-ethyl adjacent to an activating group) is 1. The van der Waals surface area contributed by atoms with E-state index in [4.69, 9.17) is 9.47 Å². The minimum Gasteiger partial charge on any atom is -0.462 e. The van der Waals surface area contributed by atoms with Gasteiger partial charge in [-0.15, -0.1) is 11.8 Å². The SMILES string of the molecule is CCOC(=O)C(=CC=C(C(=O)OCC)N(C)C)SCc1ccc(C(F)(F)F)cc1. The van der Waals surface area contributed by atoms with Gasteiger partial charge in [0.2, 0.25) is 0 Å². The first-order valence-electron chi connectivity index (χ1n) is 8.82. The first kappa shape index (κ1) is 24.6. The Balaban J connectivity index is 3.03. The number of hydrogen-bond acceptors (Lipinski definition) is 6. The molecule has 0 amide bonds. The van der Waals surface area contributed by atoms with Crippen molar-refractivity contribution in [3.05, 3.63) is 58.1 Å². The number of allylic oxidation sites excluding steroid dienone is 2. The van der Waals surface area contributed by atoms with Crippen LogP contribution in [0.3, 0.4) is 0 Å². The van der Waals surface area contributed by atoms with Gasteiger partial charge in [0.05, 0.1) is 23.7 Å². The largest absolute Gasteiger partial charge is 0.462 e. The van der Waals surface area contributed by atoms with E-state index in [1.165, 1.54) is 24.3 Å². The molecule has 0 aliphatic rings. The number of nitrogens with zero attached hydrogens (tertiary/aromatic N) is 1. The van der Waals surface area contributed by atoms with Crippen LogP contribution >= 0.6 is 11.8 Å². The molecule has 0 fully saturated rings. The molecule has 0 saturated heterocycles. The Bertz CT molecular complexity index is 756. The van der Waals surface area contributed by atoms with Gasteiger partial charge in [0, 0.05) is 19.8 Å². The van der Waals surface area contributed by atoms with Crippen molar-refractivity contribution < 1.29 is 32.2 Å². The van der Waals surface area contributed by atoms with Crippen LogP contribution in [-0.2, 0) is 31.0 Å². The fourth-order valence-electron chi connectivity index (χ4n) is 2.09. The number of thioether (sulfide) groups is 1. The monoisotopic (exact) mass is 431 g/mol. The Kier molecular flexibility index (Phi) is 9.80. The molecular formula is C20H24F3NO4S. The summed E-state index contributed by atoms with van der Waals surface area (Å²) < 4.78 is 48.0. The Labute approximate surface area is 172 Å². The fraction of sp³-hybridized carbons (Fsp3) is 0.400. The van der Waals surface area contributed by atoms with Crippen molar-refractivity contribution in [2.75, 3.05) is 27.3 Å². The third kappa shape index (κ3) is 8.23. The van der Waals surface area contributed by atoms with Crippen LogP contribution in [0.2, 0.25) is 0 Å². The van der Waals surface area contributed by atoms with E-state index >= 15 is 0 Å². The number of esters is 2. The van der Waals surface area contributed by atoms with Gasteiger partial charge in [0.25, 0.3) is 0 Å². The molecule has 0 unspecified atom stereocenters. The van der Waals surface area contributed by atoms with Gasteiger partial charge in [-0.3, -0.25) is 0 Å². The van der Waals surface area contributed by atoms with Gasteiger partial charge >= 0.3 is 18.1 Å².